The number of hydrogen-bond donors (Lipinski definition) is 1. The van der Waals surface area contributed by atoms with E-state index in [0.717, 1.165) is 5.56 Å². The quantitative estimate of drug-likeness (QED) is 0.717. The highest BCUT2D eigenvalue weighted by molar-refractivity contribution is 5.92. The van der Waals surface area contributed by atoms with E-state index in [1.165, 1.54) is 0 Å². The van der Waals surface area contributed by atoms with Gasteiger partial charge in [-0.05, 0) is 12.1 Å². The third-order valence-corrected chi connectivity index (χ3v) is 1.58. The first-order valence-corrected chi connectivity index (χ1v) is 3.68. The van der Waals surface area contributed by atoms with Gasteiger partial charge in [0.25, 0.3) is 0 Å². The minimum absolute atomic E-state index is 0.394. The molecule has 0 aliphatic rings. The lowest BCUT2D eigenvalue weighted by Gasteiger charge is -2.10. The van der Waals surface area contributed by atoms with E-state index in [1.807, 2.05) is 12.1 Å². The molecular formula is C9H11N2O-. The van der Waals surface area contributed by atoms with E-state index in [-0.39, 0.29) is 0 Å². The van der Waals surface area contributed by atoms with Crippen LogP contribution in [0.25, 0.3) is 5.32 Å². The summed E-state index contributed by atoms with van der Waals surface area (Å²) in [5.74, 6) is -0.394. The van der Waals surface area contributed by atoms with Gasteiger partial charge < -0.3 is 11.1 Å². The summed E-state index contributed by atoms with van der Waals surface area (Å²) in [6.45, 7) is 0.680. The van der Waals surface area contributed by atoms with Crippen LogP contribution < -0.4 is 5.73 Å². The number of hydrogen-bond acceptors (Lipinski definition) is 1. The van der Waals surface area contributed by atoms with E-state index in [2.05, 4.69) is 5.32 Å². The van der Waals surface area contributed by atoms with Crippen LogP contribution in [0.4, 0.5) is 0 Å². The second-order valence-corrected chi connectivity index (χ2v) is 2.54. The molecule has 0 atom stereocenters. The van der Waals surface area contributed by atoms with Crippen molar-refractivity contribution in [3.8, 4) is 0 Å². The third-order valence-electron chi connectivity index (χ3n) is 1.58. The van der Waals surface area contributed by atoms with Crippen molar-refractivity contribution in [2.75, 3.05) is 7.05 Å². The minimum atomic E-state index is -0.394. The van der Waals surface area contributed by atoms with Crippen LogP contribution in [0.1, 0.15) is 15.9 Å². The zero-order chi connectivity index (χ0) is 8.97. The fourth-order valence-corrected chi connectivity index (χ4v) is 0.957. The Morgan fingerprint density at radius 1 is 1.42 bits per heavy atom. The molecule has 2 N–H and O–H groups in total. The van der Waals surface area contributed by atoms with Gasteiger partial charge in [-0.2, -0.15) is 7.05 Å². The Morgan fingerprint density at radius 3 is 2.42 bits per heavy atom. The molecule has 0 saturated heterocycles. The maximum Gasteiger partial charge on any atom is 0.248 e. The van der Waals surface area contributed by atoms with E-state index >= 15 is 0 Å². The first-order valence-electron chi connectivity index (χ1n) is 3.68. The van der Waals surface area contributed by atoms with Gasteiger partial charge in [0.05, 0.1) is 0 Å². The van der Waals surface area contributed by atoms with Gasteiger partial charge in [0.1, 0.15) is 0 Å². The van der Waals surface area contributed by atoms with Crippen molar-refractivity contribution in [1.29, 1.82) is 0 Å². The number of carbonyl (C=O) groups excluding carboxylic acids is 1. The van der Waals surface area contributed by atoms with Crippen LogP contribution in [0.5, 0.6) is 0 Å². The third kappa shape index (κ3) is 2.07. The maximum absolute atomic E-state index is 10.7. The fourth-order valence-electron chi connectivity index (χ4n) is 0.957. The van der Waals surface area contributed by atoms with Crippen LogP contribution in [-0.2, 0) is 6.54 Å². The van der Waals surface area contributed by atoms with Crippen LogP contribution in [0.15, 0.2) is 24.3 Å². The van der Waals surface area contributed by atoms with E-state index in [0.29, 0.717) is 12.1 Å². The highest BCUT2D eigenvalue weighted by Gasteiger charge is 1.96. The normalized spacial score (nSPS) is 9.75. The lowest BCUT2D eigenvalue weighted by Crippen LogP contribution is -2.10. The number of nitrogens with zero attached hydrogens (tertiary/aromatic N) is 1. The molecule has 1 amide bonds. The zero-order valence-electron chi connectivity index (χ0n) is 6.95. The summed E-state index contributed by atoms with van der Waals surface area (Å²) >= 11 is 0. The van der Waals surface area contributed by atoms with Crippen LogP contribution in [0, 0.1) is 0 Å². The van der Waals surface area contributed by atoms with Gasteiger partial charge in [0.15, 0.2) is 0 Å². The van der Waals surface area contributed by atoms with Crippen LogP contribution in [0.3, 0.4) is 0 Å². The second-order valence-electron chi connectivity index (χ2n) is 2.54. The van der Waals surface area contributed by atoms with E-state index < -0.39 is 5.91 Å². The molecule has 0 aromatic heterocycles. The van der Waals surface area contributed by atoms with Gasteiger partial charge in [-0.3, -0.25) is 4.79 Å². The average Bonchev–Trinajstić information content (AvgIpc) is 2.06. The van der Waals surface area contributed by atoms with Crippen molar-refractivity contribution in [3.05, 3.63) is 40.7 Å². The molecule has 1 aromatic rings. The van der Waals surface area contributed by atoms with Crippen LogP contribution in [-0.4, -0.2) is 13.0 Å². The first kappa shape index (κ1) is 8.74. The Morgan fingerprint density at radius 2 is 2.00 bits per heavy atom. The van der Waals surface area contributed by atoms with Gasteiger partial charge in [-0.1, -0.05) is 17.7 Å². The Balaban J connectivity index is 2.78. The summed E-state index contributed by atoms with van der Waals surface area (Å²) in [6.07, 6.45) is 0. The molecule has 12 heavy (non-hydrogen) atoms. The van der Waals surface area contributed by atoms with Gasteiger partial charge in [-0.25, -0.2) is 0 Å². The summed E-state index contributed by atoms with van der Waals surface area (Å²) in [7, 11) is 1.75. The standard InChI is InChI=1S/C9H11N2O/c1-11-6-7-2-4-8(5-3-7)9(10)12/h2-5H,6H2,1H3,(H2,10,12)/q-1. The molecule has 0 unspecified atom stereocenters. The molecule has 0 heterocycles. The van der Waals surface area contributed by atoms with Gasteiger partial charge in [0, 0.05) is 5.56 Å². The molecule has 64 valence electrons. The second kappa shape index (κ2) is 3.88. The number of carbonyl (C=O) groups is 1. The molecule has 0 aliphatic carbocycles. The molecule has 0 aliphatic heterocycles. The largest absolute Gasteiger partial charge is 0.661 e. The number of primary amides is 1. The maximum atomic E-state index is 10.7. The van der Waals surface area contributed by atoms with Crippen molar-refractivity contribution in [2.24, 2.45) is 5.73 Å². The molecule has 0 bridgehead atoms. The lowest BCUT2D eigenvalue weighted by molar-refractivity contribution is 0.100. The summed E-state index contributed by atoms with van der Waals surface area (Å²) < 4.78 is 0. The number of amides is 1. The average molecular weight is 163 g/mol. The van der Waals surface area contributed by atoms with Crippen LogP contribution in [0.2, 0.25) is 0 Å². The fraction of sp³-hybridized carbons (Fsp3) is 0.222. The zero-order valence-corrected chi connectivity index (χ0v) is 6.95. The van der Waals surface area contributed by atoms with Gasteiger partial charge in [-0.15, -0.1) is 6.54 Å². The molecule has 0 radical (unpaired) electrons. The first-order chi connectivity index (χ1) is 5.74. The van der Waals surface area contributed by atoms with Gasteiger partial charge in [0.2, 0.25) is 5.91 Å². The van der Waals surface area contributed by atoms with Crippen molar-refractivity contribution >= 4 is 5.91 Å². The highest BCUT2D eigenvalue weighted by Crippen LogP contribution is 2.05. The summed E-state index contributed by atoms with van der Waals surface area (Å²) in [4.78, 5) is 10.7. The Hall–Kier alpha value is -1.35. The molecule has 3 heteroatoms. The lowest BCUT2D eigenvalue weighted by atomic mass is 10.1. The van der Waals surface area contributed by atoms with Crippen molar-refractivity contribution < 1.29 is 4.79 Å². The summed E-state index contributed by atoms with van der Waals surface area (Å²) in [6, 6.07) is 7.13. The predicted molar refractivity (Wildman–Crippen MR) is 47.9 cm³/mol. The summed E-state index contributed by atoms with van der Waals surface area (Å²) in [5, 5.41) is 3.96. The van der Waals surface area contributed by atoms with Crippen molar-refractivity contribution in [1.82, 2.24) is 0 Å². The van der Waals surface area contributed by atoms with E-state index in [4.69, 9.17) is 5.73 Å². The molecule has 0 spiro atoms. The smallest absolute Gasteiger partial charge is 0.248 e. The van der Waals surface area contributed by atoms with Crippen LogP contribution >= 0.6 is 0 Å². The van der Waals surface area contributed by atoms with E-state index in [9.17, 15) is 4.79 Å². The predicted octanol–water partition coefficient (Wildman–Crippen LogP) is 1.29. The molecule has 1 aromatic carbocycles. The highest BCUT2D eigenvalue weighted by atomic mass is 16.1. The Kier molecular flexibility index (Phi) is 2.82. The summed E-state index contributed by atoms with van der Waals surface area (Å²) in [5.41, 5.74) is 6.70. The Bertz CT molecular complexity index is 266. The SMILES string of the molecule is C[N-]Cc1ccc(C(N)=O)cc1. The minimum Gasteiger partial charge on any atom is -0.661 e. The molecular weight excluding hydrogens is 152 g/mol. The molecule has 0 fully saturated rings. The number of rotatable bonds is 3. The molecule has 3 nitrogen and oxygen atoms in total. The number of nitrogens with two attached hydrogens (primary N) is 1. The number of benzene rings is 1. The van der Waals surface area contributed by atoms with Crippen molar-refractivity contribution in [3.63, 3.8) is 0 Å². The van der Waals surface area contributed by atoms with Crippen molar-refractivity contribution in [2.45, 2.75) is 6.54 Å². The monoisotopic (exact) mass is 163 g/mol. The molecule has 1 rings (SSSR count). The Labute approximate surface area is 71.6 Å². The topological polar surface area (TPSA) is 57.2 Å². The van der Waals surface area contributed by atoms with Gasteiger partial charge >= 0.3 is 0 Å². The van der Waals surface area contributed by atoms with E-state index in [1.54, 1.807) is 19.2 Å². The molecule has 0 saturated carbocycles.